The Hall–Kier alpha value is -0.730. The molecule has 0 spiro atoms. The highest BCUT2D eigenvalue weighted by molar-refractivity contribution is 5.74. The van der Waals surface area contributed by atoms with E-state index in [2.05, 4.69) is 11.8 Å². The third kappa shape index (κ3) is 1.36. The van der Waals surface area contributed by atoms with E-state index in [1.807, 2.05) is 14.1 Å². The summed E-state index contributed by atoms with van der Waals surface area (Å²) in [5, 5.41) is 0. The molecule has 90 valence electrons. The lowest BCUT2D eigenvalue weighted by Gasteiger charge is -2.56. The van der Waals surface area contributed by atoms with E-state index in [0.717, 1.165) is 30.8 Å². The van der Waals surface area contributed by atoms with E-state index >= 15 is 0 Å². The van der Waals surface area contributed by atoms with Crippen molar-refractivity contribution in [1.82, 2.24) is 9.80 Å². The molecular weight excluding hydrogens is 200 g/mol. The number of rotatable bonds is 1. The number of carbonyl (C=O) groups is 1. The number of fused-ring (bicyclic) bond motifs is 2. The molecule has 2 aliphatic heterocycles. The summed E-state index contributed by atoms with van der Waals surface area (Å²) in [5.74, 6) is 2.53. The minimum Gasteiger partial charge on any atom is -0.331 e. The summed E-state index contributed by atoms with van der Waals surface area (Å²) in [7, 11) is 3.70. The molecule has 0 N–H and O–H groups in total. The monoisotopic (exact) mass is 222 g/mol. The Labute approximate surface area is 97.8 Å². The lowest BCUT2D eigenvalue weighted by molar-refractivity contribution is -0.0646. The maximum atomic E-state index is 11.9. The van der Waals surface area contributed by atoms with Gasteiger partial charge in [-0.3, -0.25) is 0 Å². The van der Waals surface area contributed by atoms with Crippen LogP contribution in [0.25, 0.3) is 0 Å². The first-order valence-corrected chi connectivity index (χ1v) is 6.47. The van der Waals surface area contributed by atoms with Gasteiger partial charge in [-0.1, -0.05) is 6.92 Å². The maximum absolute atomic E-state index is 11.9. The minimum absolute atomic E-state index is 0.203. The summed E-state index contributed by atoms with van der Waals surface area (Å²) in [5.41, 5.74) is 0.654. The van der Waals surface area contributed by atoms with Crippen molar-refractivity contribution >= 4 is 6.03 Å². The second-order valence-electron chi connectivity index (χ2n) is 6.52. The fourth-order valence-electron chi connectivity index (χ4n) is 4.00. The number of carbonyl (C=O) groups excluding carboxylic acids is 1. The summed E-state index contributed by atoms with van der Waals surface area (Å²) in [6.07, 6.45) is 4.22. The fourth-order valence-corrected chi connectivity index (χ4v) is 4.00. The van der Waals surface area contributed by atoms with Gasteiger partial charge in [0.1, 0.15) is 0 Å². The van der Waals surface area contributed by atoms with Gasteiger partial charge in [0.2, 0.25) is 0 Å². The molecule has 0 aromatic carbocycles. The molecule has 3 nitrogen and oxygen atoms in total. The molecule has 2 aliphatic carbocycles. The molecule has 2 saturated heterocycles. The molecule has 4 rings (SSSR count). The van der Waals surface area contributed by atoms with E-state index in [1.54, 1.807) is 4.90 Å². The molecule has 2 saturated carbocycles. The first kappa shape index (κ1) is 10.4. The number of urea groups is 1. The smallest absolute Gasteiger partial charge is 0.319 e. The molecule has 0 aromatic heterocycles. The van der Waals surface area contributed by atoms with Crippen LogP contribution in [0, 0.1) is 23.2 Å². The number of amides is 2. The summed E-state index contributed by atoms with van der Waals surface area (Å²) >= 11 is 0. The Bertz CT molecular complexity index is 310. The van der Waals surface area contributed by atoms with E-state index in [9.17, 15) is 4.79 Å². The van der Waals surface area contributed by atoms with Gasteiger partial charge < -0.3 is 9.80 Å². The molecule has 2 heterocycles. The van der Waals surface area contributed by atoms with Crippen LogP contribution in [0.1, 0.15) is 26.2 Å². The van der Waals surface area contributed by atoms with Gasteiger partial charge in [0.05, 0.1) is 0 Å². The number of hydrogen-bond donors (Lipinski definition) is 0. The molecule has 4 aliphatic rings. The van der Waals surface area contributed by atoms with Crippen molar-refractivity contribution in [1.29, 1.82) is 0 Å². The predicted molar refractivity (Wildman–Crippen MR) is 63.1 cm³/mol. The molecule has 2 unspecified atom stereocenters. The van der Waals surface area contributed by atoms with Crippen molar-refractivity contribution in [3.8, 4) is 0 Å². The van der Waals surface area contributed by atoms with Crippen LogP contribution in [0.2, 0.25) is 0 Å². The zero-order valence-electron chi connectivity index (χ0n) is 10.6. The molecule has 0 radical (unpaired) electrons. The van der Waals surface area contributed by atoms with Gasteiger partial charge in [-0.05, 0) is 42.4 Å². The Morgan fingerprint density at radius 2 is 1.81 bits per heavy atom. The molecule has 3 heteroatoms. The van der Waals surface area contributed by atoms with Gasteiger partial charge in [0, 0.05) is 27.2 Å². The highest BCUT2D eigenvalue weighted by Crippen LogP contribution is 2.64. The van der Waals surface area contributed by atoms with Crippen molar-refractivity contribution in [3.63, 3.8) is 0 Å². The van der Waals surface area contributed by atoms with Crippen LogP contribution in [0.5, 0.6) is 0 Å². The Kier molecular flexibility index (Phi) is 2.05. The Morgan fingerprint density at radius 3 is 2.25 bits per heavy atom. The molecule has 4 fully saturated rings. The second-order valence-corrected chi connectivity index (χ2v) is 6.52. The Morgan fingerprint density at radius 1 is 1.25 bits per heavy atom. The molecule has 2 atom stereocenters. The van der Waals surface area contributed by atoms with E-state index in [4.69, 9.17) is 0 Å². The third-order valence-electron chi connectivity index (χ3n) is 5.03. The molecule has 2 bridgehead atoms. The maximum Gasteiger partial charge on any atom is 0.319 e. The minimum atomic E-state index is 0.203. The normalized spacial score (nSPS) is 38.9. The Balaban J connectivity index is 1.65. The van der Waals surface area contributed by atoms with E-state index in [-0.39, 0.29) is 6.03 Å². The SMILES string of the molecule is CN(C)C(=O)N1CC2CC(C1)C2C1(C)CC1. The summed E-state index contributed by atoms with van der Waals surface area (Å²) in [4.78, 5) is 15.7. The van der Waals surface area contributed by atoms with Crippen LogP contribution in [0.4, 0.5) is 4.79 Å². The van der Waals surface area contributed by atoms with Crippen molar-refractivity contribution in [3.05, 3.63) is 0 Å². The molecular formula is C13H22N2O. The average Bonchev–Trinajstić information content (AvgIpc) is 2.95. The van der Waals surface area contributed by atoms with Gasteiger partial charge >= 0.3 is 6.03 Å². The van der Waals surface area contributed by atoms with E-state index in [1.165, 1.54) is 19.3 Å². The summed E-state index contributed by atoms with van der Waals surface area (Å²) in [6, 6.07) is 0.203. The van der Waals surface area contributed by atoms with E-state index in [0.29, 0.717) is 5.41 Å². The molecule has 0 aromatic rings. The predicted octanol–water partition coefficient (Wildman–Crippen LogP) is 2.04. The van der Waals surface area contributed by atoms with E-state index < -0.39 is 0 Å². The van der Waals surface area contributed by atoms with Crippen molar-refractivity contribution in [2.45, 2.75) is 26.2 Å². The quantitative estimate of drug-likeness (QED) is 0.666. The first-order valence-electron chi connectivity index (χ1n) is 6.47. The van der Waals surface area contributed by atoms with Crippen LogP contribution >= 0.6 is 0 Å². The number of piperidine rings is 2. The largest absolute Gasteiger partial charge is 0.331 e. The van der Waals surface area contributed by atoms with Gasteiger partial charge in [-0.15, -0.1) is 0 Å². The number of nitrogens with zero attached hydrogens (tertiary/aromatic N) is 2. The lowest BCUT2D eigenvalue weighted by atomic mass is 9.56. The first-order chi connectivity index (χ1) is 7.51. The second kappa shape index (κ2) is 3.14. The van der Waals surface area contributed by atoms with Crippen molar-refractivity contribution in [2.75, 3.05) is 27.2 Å². The lowest BCUT2D eigenvalue weighted by Crippen LogP contribution is -2.60. The topological polar surface area (TPSA) is 23.6 Å². The third-order valence-corrected chi connectivity index (χ3v) is 5.03. The fraction of sp³-hybridized carbons (Fsp3) is 0.923. The number of hydrogen-bond acceptors (Lipinski definition) is 1. The van der Waals surface area contributed by atoms with Crippen molar-refractivity contribution < 1.29 is 4.79 Å². The zero-order valence-corrected chi connectivity index (χ0v) is 10.6. The molecule has 2 amide bonds. The highest BCUT2D eigenvalue weighted by atomic mass is 16.2. The van der Waals surface area contributed by atoms with Crippen LogP contribution in [0.15, 0.2) is 0 Å². The van der Waals surface area contributed by atoms with Crippen LogP contribution in [0.3, 0.4) is 0 Å². The summed E-state index contributed by atoms with van der Waals surface area (Å²) in [6.45, 7) is 4.46. The van der Waals surface area contributed by atoms with Crippen molar-refractivity contribution in [2.24, 2.45) is 23.2 Å². The van der Waals surface area contributed by atoms with Crippen LogP contribution in [-0.2, 0) is 0 Å². The molecule has 16 heavy (non-hydrogen) atoms. The highest BCUT2D eigenvalue weighted by Gasteiger charge is 2.59. The van der Waals surface area contributed by atoms with Gasteiger partial charge in [0.25, 0.3) is 0 Å². The van der Waals surface area contributed by atoms with Crippen LogP contribution < -0.4 is 0 Å². The van der Waals surface area contributed by atoms with Gasteiger partial charge in [0.15, 0.2) is 0 Å². The van der Waals surface area contributed by atoms with Gasteiger partial charge in [-0.2, -0.15) is 0 Å². The van der Waals surface area contributed by atoms with Gasteiger partial charge in [-0.25, -0.2) is 4.79 Å². The average molecular weight is 222 g/mol. The summed E-state index contributed by atoms with van der Waals surface area (Å²) < 4.78 is 0. The van der Waals surface area contributed by atoms with Crippen LogP contribution in [-0.4, -0.2) is 43.0 Å². The standard InChI is InChI=1S/C13H22N2O/c1-13(4-5-13)11-9-6-10(11)8-15(7-9)12(16)14(2)3/h9-11H,4-8H2,1-3H3. The zero-order chi connectivity index (χ0) is 11.5.